The summed E-state index contributed by atoms with van der Waals surface area (Å²) in [6.07, 6.45) is 2.54. The summed E-state index contributed by atoms with van der Waals surface area (Å²) in [6.45, 7) is 0.611. The van der Waals surface area contributed by atoms with Gasteiger partial charge in [0.1, 0.15) is 6.04 Å². The zero-order valence-corrected chi connectivity index (χ0v) is 14.8. The second-order valence-corrected chi connectivity index (χ2v) is 7.74. The maximum Gasteiger partial charge on any atom is 0.240 e. The number of primary amides is 1. The van der Waals surface area contributed by atoms with Crippen LogP contribution in [0.25, 0.3) is 11.3 Å². The number of benzene rings is 1. The van der Waals surface area contributed by atoms with Crippen LogP contribution in [0.5, 0.6) is 0 Å². The van der Waals surface area contributed by atoms with Crippen LogP contribution >= 0.6 is 23.1 Å². The molecule has 0 aliphatic carbocycles. The Balaban J connectivity index is 1.60. The minimum atomic E-state index is -0.456. The van der Waals surface area contributed by atoms with Crippen LogP contribution < -0.4 is 5.73 Å². The third-order valence-corrected chi connectivity index (χ3v) is 6.03. The van der Waals surface area contributed by atoms with E-state index in [-0.39, 0.29) is 11.7 Å². The summed E-state index contributed by atoms with van der Waals surface area (Å²) in [7, 11) is 0. The first-order valence-electron chi connectivity index (χ1n) is 7.87. The molecule has 1 fully saturated rings. The molecule has 1 saturated heterocycles. The van der Waals surface area contributed by atoms with E-state index in [4.69, 9.17) is 5.73 Å². The molecule has 0 spiro atoms. The number of carbonyl (C=O) groups excluding carboxylic acids is 2. The van der Waals surface area contributed by atoms with Crippen molar-refractivity contribution in [3.05, 3.63) is 35.7 Å². The minimum absolute atomic E-state index is 0.0417. The molecule has 7 heteroatoms. The van der Waals surface area contributed by atoms with Crippen LogP contribution in [-0.4, -0.2) is 40.0 Å². The molecule has 24 heavy (non-hydrogen) atoms. The summed E-state index contributed by atoms with van der Waals surface area (Å²) in [5.74, 6) is -0.167. The van der Waals surface area contributed by atoms with E-state index in [1.165, 1.54) is 23.1 Å². The van der Waals surface area contributed by atoms with Gasteiger partial charge in [-0.3, -0.25) is 9.59 Å². The van der Waals surface area contributed by atoms with Crippen LogP contribution in [0, 0.1) is 0 Å². The number of carbonyl (C=O) groups is 2. The highest BCUT2D eigenvalue weighted by molar-refractivity contribution is 8.01. The number of thiazole rings is 1. The van der Waals surface area contributed by atoms with E-state index >= 15 is 0 Å². The highest BCUT2D eigenvalue weighted by Gasteiger charge is 2.30. The Bertz CT molecular complexity index is 718. The van der Waals surface area contributed by atoms with Gasteiger partial charge in [-0.15, -0.1) is 11.3 Å². The lowest BCUT2D eigenvalue weighted by molar-refractivity contribution is -0.138. The third kappa shape index (κ3) is 3.96. The average Bonchev–Trinajstić information content (AvgIpc) is 3.09. The van der Waals surface area contributed by atoms with Crippen LogP contribution in [-0.2, 0) is 9.59 Å². The molecule has 126 valence electrons. The van der Waals surface area contributed by atoms with Gasteiger partial charge in [-0.2, -0.15) is 0 Å². The smallest absolute Gasteiger partial charge is 0.240 e. The normalized spacial score (nSPS) is 17.7. The quantitative estimate of drug-likeness (QED) is 0.831. The minimum Gasteiger partial charge on any atom is -0.368 e. The first kappa shape index (κ1) is 17.0. The zero-order valence-electron chi connectivity index (χ0n) is 13.2. The number of hydrogen-bond donors (Lipinski definition) is 1. The van der Waals surface area contributed by atoms with E-state index in [2.05, 4.69) is 4.98 Å². The predicted molar refractivity (Wildman–Crippen MR) is 96.8 cm³/mol. The number of piperidine rings is 1. The number of nitrogens with two attached hydrogens (primary N) is 1. The second kappa shape index (κ2) is 7.81. The molecule has 2 amide bonds. The van der Waals surface area contributed by atoms with Crippen molar-refractivity contribution < 1.29 is 9.59 Å². The maximum absolute atomic E-state index is 12.4. The summed E-state index contributed by atoms with van der Waals surface area (Å²) in [6, 6.07) is 9.50. The lowest BCUT2D eigenvalue weighted by atomic mass is 10.0. The van der Waals surface area contributed by atoms with Crippen molar-refractivity contribution in [2.75, 3.05) is 12.3 Å². The van der Waals surface area contributed by atoms with Gasteiger partial charge in [0.05, 0.1) is 11.4 Å². The van der Waals surface area contributed by atoms with Gasteiger partial charge < -0.3 is 10.6 Å². The fourth-order valence-electron chi connectivity index (χ4n) is 2.80. The summed E-state index contributed by atoms with van der Waals surface area (Å²) < 4.78 is 0.856. The van der Waals surface area contributed by atoms with E-state index in [1.54, 1.807) is 4.90 Å². The van der Waals surface area contributed by atoms with Crippen molar-refractivity contribution in [1.29, 1.82) is 0 Å². The van der Waals surface area contributed by atoms with E-state index in [0.717, 1.165) is 28.4 Å². The lowest BCUT2D eigenvalue weighted by Gasteiger charge is -2.33. The van der Waals surface area contributed by atoms with Crippen LogP contribution in [0.4, 0.5) is 0 Å². The Morgan fingerprint density at radius 3 is 2.83 bits per heavy atom. The first-order valence-corrected chi connectivity index (χ1v) is 9.74. The van der Waals surface area contributed by atoms with E-state index in [0.29, 0.717) is 13.0 Å². The fraction of sp³-hybridized carbons (Fsp3) is 0.353. The average molecular weight is 361 g/mol. The Hall–Kier alpha value is -1.86. The molecule has 0 bridgehead atoms. The van der Waals surface area contributed by atoms with Gasteiger partial charge in [-0.1, -0.05) is 42.1 Å². The Morgan fingerprint density at radius 1 is 1.29 bits per heavy atom. The van der Waals surface area contributed by atoms with Crippen molar-refractivity contribution in [2.24, 2.45) is 5.73 Å². The number of aromatic nitrogens is 1. The molecule has 5 nitrogen and oxygen atoms in total. The Labute approximate surface area is 149 Å². The zero-order chi connectivity index (χ0) is 16.9. The maximum atomic E-state index is 12.4. The molecule has 1 aromatic heterocycles. The molecule has 2 heterocycles. The molecule has 0 unspecified atom stereocenters. The highest BCUT2D eigenvalue weighted by Crippen LogP contribution is 2.29. The molecule has 3 rings (SSSR count). The van der Waals surface area contributed by atoms with Gasteiger partial charge in [0.2, 0.25) is 11.8 Å². The molecule has 1 aliphatic heterocycles. The van der Waals surface area contributed by atoms with Crippen LogP contribution in [0.15, 0.2) is 40.1 Å². The standard InChI is InChI=1S/C17H19N3O2S2/c18-16(22)14-8-4-5-9-20(14)15(21)11-24-17-19-13(10-23-17)12-6-2-1-3-7-12/h1-3,6-7,10,14H,4-5,8-9,11H2,(H2,18,22)/t14-/m1/s1. The van der Waals surface area contributed by atoms with Gasteiger partial charge in [-0.05, 0) is 19.3 Å². The van der Waals surface area contributed by atoms with Crippen LogP contribution in [0.3, 0.4) is 0 Å². The van der Waals surface area contributed by atoms with Crippen molar-refractivity contribution in [3.63, 3.8) is 0 Å². The Kier molecular flexibility index (Phi) is 5.52. The molecule has 1 atom stereocenters. The molecule has 0 saturated carbocycles. The first-order chi connectivity index (χ1) is 11.6. The molecule has 1 aliphatic rings. The van der Waals surface area contributed by atoms with Crippen LogP contribution in [0.1, 0.15) is 19.3 Å². The largest absolute Gasteiger partial charge is 0.368 e. The number of nitrogens with zero attached hydrogens (tertiary/aromatic N) is 2. The van der Waals surface area contributed by atoms with E-state index < -0.39 is 11.9 Å². The number of amides is 2. The third-order valence-electron chi connectivity index (χ3n) is 4.02. The van der Waals surface area contributed by atoms with Crippen molar-refractivity contribution in [2.45, 2.75) is 29.6 Å². The Morgan fingerprint density at radius 2 is 2.08 bits per heavy atom. The molecular formula is C17H19N3O2S2. The van der Waals surface area contributed by atoms with E-state index in [1.807, 2.05) is 35.7 Å². The number of thioether (sulfide) groups is 1. The number of rotatable bonds is 5. The molecule has 2 aromatic rings. The second-order valence-electron chi connectivity index (χ2n) is 5.65. The number of likely N-dealkylation sites (tertiary alicyclic amines) is 1. The van der Waals surface area contributed by atoms with Gasteiger partial charge in [0.25, 0.3) is 0 Å². The van der Waals surface area contributed by atoms with Gasteiger partial charge >= 0.3 is 0 Å². The molecule has 0 radical (unpaired) electrons. The topological polar surface area (TPSA) is 76.3 Å². The summed E-state index contributed by atoms with van der Waals surface area (Å²) in [5, 5.41) is 2.00. The predicted octanol–water partition coefficient (Wildman–Crippen LogP) is 2.77. The summed E-state index contributed by atoms with van der Waals surface area (Å²) in [5.41, 5.74) is 7.41. The van der Waals surface area contributed by atoms with Crippen LogP contribution in [0.2, 0.25) is 0 Å². The van der Waals surface area contributed by atoms with E-state index in [9.17, 15) is 9.59 Å². The SMILES string of the molecule is NC(=O)[C@H]1CCCCN1C(=O)CSc1nc(-c2ccccc2)cs1. The van der Waals surface area contributed by atoms with Gasteiger partial charge in [0.15, 0.2) is 4.34 Å². The van der Waals surface area contributed by atoms with Crippen molar-refractivity contribution in [1.82, 2.24) is 9.88 Å². The lowest BCUT2D eigenvalue weighted by Crippen LogP contribution is -2.51. The molecule has 1 aromatic carbocycles. The van der Waals surface area contributed by atoms with Gasteiger partial charge in [0, 0.05) is 17.5 Å². The summed E-state index contributed by atoms with van der Waals surface area (Å²) >= 11 is 2.95. The summed E-state index contributed by atoms with van der Waals surface area (Å²) in [4.78, 5) is 30.2. The van der Waals surface area contributed by atoms with Crippen molar-refractivity contribution >= 4 is 34.9 Å². The molecular weight excluding hydrogens is 342 g/mol. The van der Waals surface area contributed by atoms with Gasteiger partial charge in [-0.25, -0.2) is 4.98 Å². The number of hydrogen-bond acceptors (Lipinski definition) is 5. The molecule has 2 N–H and O–H groups in total. The van der Waals surface area contributed by atoms with Crippen molar-refractivity contribution in [3.8, 4) is 11.3 Å². The fourth-order valence-corrected chi connectivity index (χ4v) is 4.52. The monoisotopic (exact) mass is 361 g/mol. The highest BCUT2D eigenvalue weighted by atomic mass is 32.2.